The highest BCUT2D eigenvalue weighted by Gasteiger charge is 2.37. The van der Waals surface area contributed by atoms with Gasteiger partial charge in [-0.3, -0.25) is 9.80 Å². The molecule has 2 saturated heterocycles. The van der Waals surface area contributed by atoms with Gasteiger partial charge in [0.05, 0.1) is 0 Å². The molecule has 0 aromatic heterocycles. The van der Waals surface area contributed by atoms with E-state index in [0.29, 0.717) is 24.1 Å². The molecule has 1 aliphatic carbocycles. The van der Waals surface area contributed by atoms with E-state index in [9.17, 15) is 14.4 Å². The lowest BCUT2D eigenvalue weighted by Crippen LogP contribution is -2.49. The quantitative estimate of drug-likeness (QED) is 0.400. The third-order valence-corrected chi connectivity index (χ3v) is 8.65. The molecule has 11 heteroatoms. The molecule has 2 amide bonds. The summed E-state index contributed by atoms with van der Waals surface area (Å²) in [5, 5.41) is 17.2. The van der Waals surface area contributed by atoms with Crippen molar-refractivity contribution in [3.8, 4) is 0 Å². The molecule has 2 unspecified atom stereocenters. The third-order valence-electron chi connectivity index (χ3n) is 8.17. The van der Waals surface area contributed by atoms with Crippen molar-refractivity contribution in [2.75, 3.05) is 52.4 Å². The number of amides is 2. The molecule has 2 aromatic rings. The van der Waals surface area contributed by atoms with Gasteiger partial charge < -0.3 is 20.0 Å². The second-order valence-electron chi connectivity index (χ2n) is 11.1. The minimum absolute atomic E-state index is 0.197. The van der Waals surface area contributed by atoms with E-state index >= 15 is 0 Å². The highest BCUT2D eigenvalue weighted by Crippen LogP contribution is 2.47. The molecule has 9 nitrogen and oxygen atoms in total. The van der Waals surface area contributed by atoms with E-state index in [1.165, 1.54) is 16.7 Å². The Bertz CT molecular complexity index is 1280. The van der Waals surface area contributed by atoms with Crippen LogP contribution in [0.5, 0.6) is 0 Å². The van der Waals surface area contributed by atoms with Crippen molar-refractivity contribution in [3.05, 3.63) is 81.4 Å². The molecule has 0 radical (unpaired) electrons. The summed E-state index contributed by atoms with van der Waals surface area (Å²) in [7, 11) is 0. The van der Waals surface area contributed by atoms with Crippen LogP contribution >= 0.6 is 23.2 Å². The van der Waals surface area contributed by atoms with Crippen molar-refractivity contribution in [3.63, 3.8) is 0 Å². The van der Waals surface area contributed by atoms with Gasteiger partial charge >= 0.3 is 18.0 Å². The van der Waals surface area contributed by atoms with E-state index in [1.54, 1.807) is 0 Å². The van der Waals surface area contributed by atoms with E-state index < -0.39 is 11.9 Å². The van der Waals surface area contributed by atoms with Gasteiger partial charge in [0, 0.05) is 92.6 Å². The highest BCUT2D eigenvalue weighted by molar-refractivity contribution is 6.31. The monoisotopic (exact) mass is 616 g/mol. The van der Waals surface area contributed by atoms with Gasteiger partial charge in [-0.05, 0) is 61.2 Å². The number of carboxylic acids is 2. The number of nitrogens with zero attached hydrogens (tertiary/aromatic N) is 4. The van der Waals surface area contributed by atoms with Crippen molar-refractivity contribution in [2.45, 2.75) is 38.3 Å². The fraction of sp³-hybridized carbons (Fsp3) is 0.452. The zero-order valence-electron chi connectivity index (χ0n) is 24.0. The third kappa shape index (κ3) is 8.04. The SMILES string of the molecule is CC(C)N1CCN(CCN2CCN(C3CC(c4ccc(Cl)cc4)c4cc(Cl)ccc43)CC2)C1=O.O=C(O)/C=C\C(=O)O. The van der Waals surface area contributed by atoms with Crippen LogP contribution in [0.2, 0.25) is 10.0 Å². The predicted octanol–water partition coefficient (Wildman–Crippen LogP) is 5.05. The largest absolute Gasteiger partial charge is 0.478 e. The van der Waals surface area contributed by atoms with Crippen LogP contribution in [-0.2, 0) is 9.59 Å². The number of rotatable bonds is 8. The predicted molar refractivity (Wildman–Crippen MR) is 163 cm³/mol. The number of aliphatic carboxylic acids is 2. The number of urea groups is 1. The van der Waals surface area contributed by atoms with Crippen LogP contribution in [0.25, 0.3) is 0 Å². The molecular formula is C31H38Cl2N4O5. The molecule has 42 heavy (non-hydrogen) atoms. The minimum atomic E-state index is -1.26. The molecule has 2 fully saturated rings. The first kappa shape index (κ1) is 31.8. The van der Waals surface area contributed by atoms with Crippen molar-refractivity contribution in [1.29, 1.82) is 0 Å². The Labute approximate surface area is 256 Å². The maximum atomic E-state index is 12.6. The number of hydrogen-bond acceptors (Lipinski definition) is 5. The summed E-state index contributed by atoms with van der Waals surface area (Å²) in [4.78, 5) is 40.8. The normalized spacial score (nSPS) is 21.1. The second kappa shape index (κ2) is 14.4. The molecule has 226 valence electrons. The van der Waals surface area contributed by atoms with Crippen LogP contribution in [0.4, 0.5) is 4.79 Å². The fourth-order valence-electron chi connectivity index (χ4n) is 5.98. The average molecular weight is 618 g/mol. The first-order valence-corrected chi connectivity index (χ1v) is 15.0. The molecule has 2 aromatic carbocycles. The van der Waals surface area contributed by atoms with E-state index in [0.717, 1.165) is 68.8 Å². The Morgan fingerprint density at radius 2 is 1.48 bits per heavy atom. The zero-order chi connectivity index (χ0) is 30.4. The minimum Gasteiger partial charge on any atom is -0.478 e. The van der Waals surface area contributed by atoms with Crippen LogP contribution in [0.3, 0.4) is 0 Å². The molecule has 3 aliphatic rings. The number of halogens is 2. The fourth-order valence-corrected chi connectivity index (χ4v) is 6.28. The van der Waals surface area contributed by atoms with Crippen molar-refractivity contribution in [1.82, 2.24) is 19.6 Å². The number of piperazine rings is 1. The lowest BCUT2D eigenvalue weighted by Gasteiger charge is -2.39. The van der Waals surface area contributed by atoms with Gasteiger partial charge in [-0.25, -0.2) is 14.4 Å². The lowest BCUT2D eigenvalue weighted by molar-refractivity contribution is -0.134. The zero-order valence-corrected chi connectivity index (χ0v) is 25.5. The standard InChI is InChI=1S/C27H34Cl2N4O.C4H4O4/c1-19(2)33-16-15-32(27(33)34)14-11-30-9-12-31(13-10-30)26-18-24(20-3-5-21(28)6-4-20)25-17-22(29)7-8-23(25)26;5-3(6)1-2-4(7)8/h3-8,17,19,24,26H,9-16,18H2,1-2H3;1-2H,(H,5,6)(H,7,8)/b;2-1-. The summed E-state index contributed by atoms with van der Waals surface area (Å²) in [5.41, 5.74) is 4.07. The Balaban J connectivity index is 0.000000446. The summed E-state index contributed by atoms with van der Waals surface area (Å²) in [6.07, 6.45) is 2.19. The van der Waals surface area contributed by atoms with Gasteiger partial charge in [0.15, 0.2) is 0 Å². The van der Waals surface area contributed by atoms with E-state index in [1.807, 2.05) is 28.0 Å². The summed E-state index contributed by atoms with van der Waals surface area (Å²) in [6, 6.07) is 15.6. The maximum Gasteiger partial charge on any atom is 0.328 e. The van der Waals surface area contributed by atoms with Crippen LogP contribution in [0, 0.1) is 0 Å². The smallest absolute Gasteiger partial charge is 0.328 e. The van der Waals surface area contributed by atoms with Crippen molar-refractivity contribution in [2.24, 2.45) is 0 Å². The molecular weight excluding hydrogens is 579 g/mol. The Kier molecular flexibility index (Phi) is 10.9. The molecule has 5 rings (SSSR count). The Morgan fingerprint density at radius 3 is 2.05 bits per heavy atom. The first-order valence-electron chi connectivity index (χ1n) is 14.2. The Morgan fingerprint density at radius 1 is 0.857 bits per heavy atom. The Hall–Kier alpha value is -3.11. The number of carbonyl (C=O) groups is 3. The van der Waals surface area contributed by atoms with Gasteiger partial charge in [-0.1, -0.05) is 41.4 Å². The molecule has 2 heterocycles. The molecule has 0 bridgehead atoms. The van der Waals surface area contributed by atoms with Gasteiger partial charge in [0.2, 0.25) is 0 Å². The summed E-state index contributed by atoms with van der Waals surface area (Å²) < 4.78 is 0. The van der Waals surface area contributed by atoms with E-state index in [-0.39, 0.29) is 12.1 Å². The first-order chi connectivity index (χ1) is 20.0. The van der Waals surface area contributed by atoms with Crippen LogP contribution in [0.1, 0.15) is 48.9 Å². The van der Waals surface area contributed by atoms with Gasteiger partial charge in [-0.15, -0.1) is 0 Å². The number of carbonyl (C=O) groups excluding carboxylic acids is 1. The van der Waals surface area contributed by atoms with Gasteiger partial charge in [0.25, 0.3) is 0 Å². The average Bonchev–Trinajstić information content (AvgIpc) is 3.52. The van der Waals surface area contributed by atoms with Crippen LogP contribution in [-0.4, -0.2) is 106 Å². The van der Waals surface area contributed by atoms with Crippen LogP contribution < -0.4 is 0 Å². The molecule has 2 atom stereocenters. The lowest BCUT2D eigenvalue weighted by atomic mass is 9.93. The van der Waals surface area contributed by atoms with Crippen molar-refractivity contribution >= 4 is 41.2 Å². The van der Waals surface area contributed by atoms with Gasteiger partial charge in [-0.2, -0.15) is 0 Å². The molecule has 2 N–H and O–H groups in total. The van der Waals surface area contributed by atoms with E-state index in [4.69, 9.17) is 33.4 Å². The number of carboxylic acid groups (broad SMARTS) is 2. The highest BCUT2D eigenvalue weighted by atomic mass is 35.5. The number of fused-ring (bicyclic) bond motifs is 1. The molecule has 0 spiro atoms. The summed E-state index contributed by atoms with van der Waals surface area (Å²) in [6.45, 7) is 11.8. The maximum absolute atomic E-state index is 12.6. The molecule has 0 saturated carbocycles. The summed E-state index contributed by atoms with van der Waals surface area (Å²) in [5.74, 6) is -2.17. The van der Waals surface area contributed by atoms with Crippen molar-refractivity contribution < 1.29 is 24.6 Å². The second-order valence-corrected chi connectivity index (χ2v) is 11.9. The van der Waals surface area contributed by atoms with Crippen LogP contribution in [0.15, 0.2) is 54.6 Å². The topological polar surface area (TPSA) is 105 Å². The summed E-state index contributed by atoms with van der Waals surface area (Å²) >= 11 is 12.6. The van der Waals surface area contributed by atoms with E-state index in [2.05, 4.69) is 47.9 Å². The number of hydrogen-bond donors (Lipinski definition) is 2. The molecule has 2 aliphatic heterocycles. The number of benzene rings is 2. The van der Waals surface area contributed by atoms with Gasteiger partial charge in [0.1, 0.15) is 0 Å².